The van der Waals surface area contributed by atoms with Crippen LogP contribution in [0.2, 0.25) is 0 Å². The van der Waals surface area contributed by atoms with E-state index in [1.165, 1.54) is 109 Å². The lowest BCUT2D eigenvalue weighted by molar-refractivity contribution is -0.161. The fourth-order valence-electron chi connectivity index (χ4n) is 9.00. The van der Waals surface area contributed by atoms with Gasteiger partial charge >= 0.3 is 39.5 Å². The number of aliphatic hydroxyl groups is 1. The molecule has 17 nitrogen and oxygen atoms in total. The molecule has 0 spiro atoms. The molecule has 5 atom stereocenters. The van der Waals surface area contributed by atoms with Crippen LogP contribution in [-0.2, 0) is 65.4 Å². The van der Waals surface area contributed by atoms with Gasteiger partial charge in [-0.05, 0) is 37.5 Å². The van der Waals surface area contributed by atoms with Crippen LogP contribution in [0.15, 0.2) is 0 Å². The van der Waals surface area contributed by atoms with Crippen LogP contribution in [0.25, 0.3) is 0 Å². The van der Waals surface area contributed by atoms with Crippen LogP contribution in [-0.4, -0.2) is 96.7 Å². The van der Waals surface area contributed by atoms with Crippen molar-refractivity contribution in [1.82, 2.24) is 0 Å². The van der Waals surface area contributed by atoms with Gasteiger partial charge in [0.05, 0.1) is 26.4 Å². The minimum atomic E-state index is -4.94. The Bertz CT molecular complexity index is 1580. The van der Waals surface area contributed by atoms with Crippen molar-refractivity contribution < 1.29 is 80.2 Å². The van der Waals surface area contributed by atoms with Gasteiger partial charge in [0.1, 0.15) is 19.3 Å². The summed E-state index contributed by atoms with van der Waals surface area (Å²) in [4.78, 5) is 72.0. The molecular weight excluding hydrogens is 1070 g/mol. The van der Waals surface area contributed by atoms with E-state index in [1.807, 2.05) is 0 Å². The average molecular weight is 1190 g/mol. The summed E-state index contributed by atoms with van der Waals surface area (Å²) in [6, 6.07) is 0. The average Bonchev–Trinajstić information content (AvgIpc) is 3.41. The van der Waals surface area contributed by atoms with Crippen molar-refractivity contribution in [2.24, 2.45) is 11.8 Å². The third-order valence-electron chi connectivity index (χ3n) is 14.0. The first kappa shape index (κ1) is 78.1. The Balaban J connectivity index is 5.23. The molecule has 0 fully saturated rings. The Morgan fingerprint density at radius 3 is 0.850 bits per heavy atom. The third kappa shape index (κ3) is 55.3. The zero-order valence-corrected chi connectivity index (χ0v) is 53.2. The molecule has 474 valence electrons. The third-order valence-corrected chi connectivity index (χ3v) is 15.9. The number of phosphoric ester groups is 2. The van der Waals surface area contributed by atoms with Crippen LogP contribution in [0.5, 0.6) is 0 Å². The second-order valence-electron chi connectivity index (χ2n) is 23.0. The highest BCUT2D eigenvalue weighted by molar-refractivity contribution is 7.47. The number of carbonyl (C=O) groups excluding carboxylic acids is 4. The van der Waals surface area contributed by atoms with Crippen molar-refractivity contribution in [2.75, 3.05) is 39.6 Å². The molecule has 0 heterocycles. The van der Waals surface area contributed by atoms with Crippen LogP contribution in [0.3, 0.4) is 0 Å². The summed E-state index contributed by atoms with van der Waals surface area (Å²) in [5, 5.41) is 10.5. The van der Waals surface area contributed by atoms with E-state index in [9.17, 15) is 43.2 Å². The quantitative estimate of drug-likeness (QED) is 0.0222. The molecular formula is C61H118O17P2. The zero-order chi connectivity index (χ0) is 59.4. The molecule has 0 rings (SSSR count). The summed E-state index contributed by atoms with van der Waals surface area (Å²) in [5.74, 6) is -0.794. The number of phosphoric acid groups is 2. The number of esters is 4. The first-order valence-electron chi connectivity index (χ1n) is 32.0. The van der Waals surface area contributed by atoms with E-state index in [2.05, 4.69) is 41.5 Å². The summed E-state index contributed by atoms with van der Waals surface area (Å²) >= 11 is 0. The molecule has 0 amide bonds. The number of ether oxygens (including phenoxy) is 4. The van der Waals surface area contributed by atoms with E-state index in [0.29, 0.717) is 37.5 Å². The first-order chi connectivity index (χ1) is 38.4. The summed E-state index contributed by atoms with van der Waals surface area (Å²) < 4.78 is 67.8. The number of hydrogen-bond donors (Lipinski definition) is 3. The van der Waals surface area contributed by atoms with Gasteiger partial charge in [-0.3, -0.25) is 37.3 Å². The lowest BCUT2D eigenvalue weighted by Crippen LogP contribution is -2.30. The van der Waals surface area contributed by atoms with Crippen LogP contribution >= 0.6 is 15.6 Å². The van der Waals surface area contributed by atoms with Gasteiger partial charge in [0, 0.05) is 25.7 Å². The highest BCUT2D eigenvalue weighted by Gasteiger charge is 2.30. The van der Waals surface area contributed by atoms with Crippen molar-refractivity contribution in [3.63, 3.8) is 0 Å². The molecule has 0 aliphatic carbocycles. The highest BCUT2D eigenvalue weighted by Crippen LogP contribution is 2.45. The maximum Gasteiger partial charge on any atom is 0.472 e. The predicted octanol–water partition coefficient (Wildman–Crippen LogP) is 16.5. The maximum atomic E-state index is 12.9. The number of unbranched alkanes of at least 4 members (excludes halogenated alkanes) is 30. The fraction of sp³-hybridized carbons (Fsp3) is 0.934. The second-order valence-corrected chi connectivity index (χ2v) is 25.9. The molecule has 2 unspecified atom stereocenters. The van der Waals surface area contributed by atoms with E-state index in [-0.39, 0.29) is 25.7 Å². The SMILES string of the molecule is CCCCCCCCCCCCCC(=O)OC[C@H](COP(=O)(O)OC[C@@H](O)COP(=O)(O)OC[C@@H](COC(=O)CCCCCCCCC(C)C)OC(=O)CCCCCCCCC(C)C)OC(=O)CCCCCCCCCCCCC. The Morgan fingerprint density at radius 2 is 0.575 bits per heavy atom. The molecule has 0 aromatic heterocycles. The molecule has 19 heteroatoms. The molecule has 0 aliphatic rings. The van der Waals surface area contributed by atoms with Gasteiger partial charge in [-0.15, -0.1) is 0 Å². The standard InChI is InChI=1S/C61H118O17P2/c1-7-9-11-13-15-17-19-21-23-31-37-43-58(63)71-49-56(77-60(65)45-39-33-24-22-20-18-16-14-12-10-8-2)51-75-79(67,68)73-47-55(62)48-74-80(69,70)76-52-57(78-61(66)46-40-34-28-26-30-36-42-54(5)6)50-72-59(64)44-38-32-27-25-29-35-41-53(3)4/h53-57,62H,7-52H2,1-6H3,(H,67,68)(H,69,70)/t55-,56-,57-/m1/s1. The Labute approximate surface area is 486 Å². The molecule has 3 N–H and O–H groups in total. The van der Waals surface area contributed by atoms with E-state index in [0.717, 1.165) is 96.3 Å². The molecule has 0 saturated carbocycles. The van der Waals surface area contributed by atoms with Crippen LogP contribution < -0.4 is 0 Å². The van der Waals surface area contributed by atoms with Crippen molar-refractivity contribution >= 4 is 39.5 Å². The van der Waals surface area contributed by atoms with Crippen LogP contribution in [0.1, 0.15) is 298 Å². The fourth-order valence-corrected chi connectivity index (χ4v) is 10.6. The van der Waals surface area contributed by atoms with Gasteiger partial charge in [0.2, 0.25) is 0 Å². The van der Waals surface area contributed by atoms with Crippen LogP contribution in [0.4, 0.5) is 0 Å². The van der Waals surface area contributed by atoms with Crippen LogP contribution in [0, 0.1) is 11.8 Å². The number of aliphatic hydroxyl groups excluding tert-OH is 1. The molecule has 0 radical (unpaired) electrons. The lowest BCUT2D eigenvalue weighted by atomic mass is 10.0. The topological polar surface area (TPSA) is 237 Å². The number of carbonyl (C=O) groups is 4. The second kappa shape index (κ2) is 53.8. The molecule has 0 aliphatic heterocycles. The molecule has 0 aromatic rings. The van der Waals surface area contributed by atoms with Gasteiger partial charge in [-0.2, -0.15) is 0 Å². The minimum Gasteiger partial charge on any atom is -0.462 e. The monoisotopic (exact) mass is 1180 g/mol. The number of rotatable bonds is 60. The van der Waals surface area contributed by atoms with Gasteiger partial charge in [-0.1, -0.05) is 247 Å². The highest BCUT2D eigenvalue weighted by atomic mass is 31.2. The van der Waals surface area contributed by atoms with Crippen molar-refractivity contribution in [2.45, 2.75) is 317 Å². The van der Waals surface area contributed by atoms with E-state index in [4.69, 9.17) is 37.0 Å². The minimum absolute atomic E-state index is 0.101. The van der Waals surface area contributed by atoms with E-state index < -0.39 is 97.5 Å². The maximum absolute atomic E-state index is 12.9. The zero-order valence-electron chi connectivity index (χ0n) is 51.4. The van der Waals surface area contributed by atoms with Crippen molar-refractivity contribution in [3.05, 3.63) is 0 Å². The summed E-state index contributed by atoms with van der Waals surface area (Å²) in [6.45, 7) is 9.29. The van der Waals surface area contributed by atoms with Gasteiger partial charge in [0.15, 0.2) is 12.2 Å². The normalized spacial score (nSPS) is 14.4. The molecule has 80 heavy (non-hydrogen) atoms. The van der Waals surface area contributed by atoms with E-state index in [1.54, 1.807) is 0 Å². The predicted molar refractivity (Wildman–Crippen MR) is 317 cm³/mol. The summed E-state index contributed by atoms with van der Waals surface area (Å²) in [5.41, 5.74) is 0. The number of hydrogen-bond acceptors (Lipinski definition) is 15. The van der Waals surface area contributed by atoms with Gasteiger partial charge < -0.3 is 33.8 Å². The van der Waals surface area contributed by atoms with Gasteiger partial charge in [-0.25, -0.2) is 9.13 Å². The summed E-state index contributed by atoms with van der Waals surface area (Å²) in [6.07, 6.45) is 35.1. The smallest absolute Gasteiger partial charge is 0.462 e. The molecule has 0 aromatic carbocycles. The molecule has 0 saturated heterocycles. The molecule has 0 bridgehead atoms. The van der Waals surface area contributed by atoms with Crippen molar-refractivity contribution in [3.8, 4) is 0 Å². The van der Waals surface area contributed by atoms with E-state index >= 15 is 0 Å². The lowest BCUT2D eigenvalue weighted by Gasteiger charge is -2.21. The Morgan fingerprint density at radius 1 is 0.338 bits per heavy atom. The van der Waals surface area contributed by atoms with Gasteiger partial charge in [0.25, 0.3) is 0 Å². The Hall–Kier alpha value is -1.94. The summed E-state index contributed by atoms with van der Waals surface area (Å²) in [7, 11) is -9.88. The van der Waals surface area contributed by atoms with Crippen molar-refractivity contribution in [1.29, 1.82) is 0 Å². The Kier molecular flexibility index (Phi) is 52.5. The first-order valence-corrected chi connectivity index (χ1v) is 35.0. The largest absolute Gasteiger partial charge is 0.472 e.